The van der Waals surface area contributed by atoms with E-state index in [1.807, 2.05) is 4.90 Å². The van der Waals surface area contributed by atoms with Crippen molar-refractivity contribution in [3.63, 3.8) is 0 Å². The Morgan fingerprint density at radius 2 is 1.67 bits per heavy atom. The standard InChI is InChI=1S/C31H56F2N8O2/c1-2-39-11-10-21(20-39)31(43)41-14-12-40(13-15-41)28-24(33)18-35-19-26(28)38-30(42)27-25-9-7-5-3-4-6-8-23(37-29(27)34)16-22(32)17-36-25/h21-29,35-37H,2-20,34H2,1H3,(H,38,42). The number of piperidine rings is 1. The highest BCUT2D eigenvalue weighted by atomic mass is 19.1. The molecule has 0 aliphatic carbocycles. The molecule has 5 heterocycles. The van der Waals surface area contributed by atoms with E-state index in [0.29, 0.717) is 39.1 Å². The number of amides is 2. The Balaban J connectivity index is 1.25. The van der Waals surface area contributed by atoms with Gasteiger partial charge in [-0.05, 0) is 38.8 Å². The summed E-state index contributed by atoms with van der Waals surface area (Å²) in [5, 5.41) is 13.2. The zero-order valence-corrected chi connectivity index (χ0v) is 26.1. The molecule has 2 bridgehead atoms. The van der Waals surface area contributed by atoms with Crippen LogP contribution in [0.25, 0.3) is 0 Å². The smallest absolute Gasteiger partial charge is 0.227 e. The van der Waals surface area contributed by atoms with Crippen molar-refractivity contribution in [2.24, 2.45) is 17.6 Å². The molecular formula is C31H56F2N8O2. The van der Waals surface area contributed by atoms with Crippen molar-refractivity contribution in [1.29, 1.82) is 0 Å². The molecule has 5 rings (SSSR count). The van der Waals surface area contributed by atoms with E-state index in [9.17, 15) is 14.0 Å². The van der Waals surface area contributed by atoms with Gasteiger partial charge in [0.15, 0.2) is 0 Å². The van der Waals surface area contributed by atoms with Crippen LogP contribution >= 0.6 is 0 Å². The zero-order valence-electron chi connectivity index (χ0n) is 26.1. The molecule has 6 N–H and O–H groups in total. The normalized spacial score (nSPS) is 39.3. The van der Waals surface area contributed by atoms with Gasteiger partial charge in [0, 0.05) is 64.4 Å². The third kappa shape index (κ3) is 8.43. The van der Waals surface area contributed by atoms with E-state index in [-0.39, 0.29) is 42.9 Å². The van der Waals surface area contributed by atoms with Crippen LogP contribution in [0, 0.1) is 11.8 Å². The predicted octanol–water partition coefficient (Wildman–Crippen LogP) is 0.571. The predicted molar refractivity (Wildman–Crippen MR) is 164 cm³/mol. The number of halogens is 2. The van der Waals surface area contributed by atoms with Crippen molar-refractivity contribution in [2.45, 2.75) is 107 Å². The number of nitrogens with two attached hydrogens (primary N) is 1. The Labute approximate surface area is 256 Å². The minimum absolute atomic E-state index is 0.0555. The topological polar surface area (TPSA) is 118 Å². The van der Waals surface area contributed by atoms with Crippen molar-refractivity contribution < 1.29 is 18.4 Å². The minimum Gasteiger partial charge on any atom is -0.350 e. The van der Waals surface area contributed by atoms with Gasteiger partial charge >= 0.3 is 0 Å². The van der Waals surface area contributed by atoms with E-state index in [1.165, 1.54) is 0 Å². The maximum absolute atomic E-state index is 15.6. The van der Waals surface area contributed by atoms with Crippen LogP contribution in [0.3, 0.4) is 0 Å². The second-order valence-corrected chi connectivity index (χ2v) is 13.6. The highest BCUT2D eigenvalue weighted by Gasteiger charge is 2.43. The molecule has 5 saturated heterocycles. The van der Waals surface area contributed by atoms with Crippen LogP contribution in [-0.4, -0.2) is 135 Å². The minimum atomic E-state index is -1.15. The SMILES string of the molecule is CCN1CCC(C(=O)N2CCN(C3C(F)CNCC3NC(=O)C3C(N)NC4CCCCCCCC3NCC(F)C4)CC2)C1. The average molecular weight is 611 g/mol. The molecule has 0 saturated carbocycles. The fraction of sp³-hybridized carbons (Fsp3) is 0.935. The van der Waals surface area contributed by atoms with Crippen LogP contribution in [0.4, 0.5) is 8.78 Å². The van der Waals surface area contributed by atoms with Gasteiger partial charge in [-0.3, -0.25) is 19.8 Å². The van der Waals surface area contributed by atoms with Gasteiger partial charge < -0.3 is 31.5 Å². The molecule has 12 heteroatoms. The first-order chi connectivity index (χ1) is 20.8. The van der Waals surface area contributed by atoms with Crippen molar-refractivity contribution in [2.75, 3.05) is 65.4 Å². The molecule has 5 aliphatic heterocycles. The lowest BCUT2D eigenvalue weighted by Crippen LogP contribution is -2.69. The molecular weight excluding hydrogens is 554 g/mol. The molecule has 246 valence electrons. The highest BCUT2D eigenvalue weighted by molar-refractivity contribution is 5.81. The maximum Gasteiger partial charge on any atom is 0.227 e. The summed E-state index contributed by atoms with van der Waals surface area (Å²) in [5.41, 5.74) is 6.71. The molecule has 9 atom stereocenters. The summed E-state index contributed by atoms with van der Waals surface area (Å²) in [7, 11) is 0. The van der Waals surface area contributed by atoms with Gasteiger partial charge in [0.25, 0.3) is 0 Å². The molecule has 0 radical (unpaired) electrons. The second kappa shape index (κ2) is 15.7. The molecule has 0 aromatic carbocycles. The Kier molecular flexibility index (Phi) is 12.0. The molecule has 10 nitrogen and oxygen atoms in total. The molecule has 2 amide bonds. The summed E-state index contributed by atoms with van der Waals surface area (Å²) in [6, 6.07) is -1.25. The van der Waals surface area contributed by atoms with Crippen LogP contribution in [0.1, 0.15) is 64.7 Å². The maximum atomic E-state index is 15.6. The summed E-state index contributed by atoms with van der Waals surface area (Å²) >= 11 is 0. The lowest BCUT2D eigenvalue weighted by molar-refractivity contribution is -0.137. The summed E-state index contributed by atoms with van der Waals surface area (Å²) < 4.78 is 30.5. The molecule has 5 fully saturated rings. The number of piperazine rings is 1. The first-order valence-electron chi connectivity index (χ1n) is 17.1. The number of fused-ring (bicyclic) bond motifs is 4. The Bertz CT molecular complexity index is 909. The summed E-state index contributed by atoms with van der Waals surface area (Å²) in [4.78, 5) is 33.7. The number of nitrogens with zero attached hydrogens (tertiary/aromatic N) is 3. The third-order valence-corrected chi connectivity index (χ3v) is 10.7. The quantitative estimate of drug-likeness (QED) is 0.307. The summed E-state index contributed by atoms with van der Waals surface area (Å²) in [5.74, 6) is -0.528. The second-order valence-electron chi connectivity index (χ2n) is 13.6. The van der Waals surface area contributed by atoms with Crippen LogP contribution in [0.15, 0.2) is 0 Å². The van der Waals surface area contributed by atoms with Crippen molar-refractivity contribution >= 4 is 11.8 Å². The van der Waals surface area contributed by atoms with Gasteiger partial charge in [0.1, 0.15) is 12.3 Å². The van der Waals surface area contributed by atoms with Gasteiger partial charge in [-0.15, -0.1) is 0 Å². The highest BCUT2D eigenvalue weighted by Crippen LogP contribution is 2.25. The number of carbonyl (C=O) groups excluding carboxylic acids is 2. The fourth-order valence-corrected chi connectivity index (χ4v) is 8.20. The molecule has 0 spiro atoms. The summed E-state index contributed by atoms with van der Waals surface area (Å²) in [6.07, 6.45) is 5.44. The lowest BCUT2D eigenvalue weighted by Gasteiger charge is -2.46. The van der Waals surface area contributed by atoms with E-state index >= 15 is 4.39 Å². The van der Waals surface area contributed by atoms with Gasteiger partial charge in [-0.1, -0.05) is 39.0 Å². The van der Waals surface area contributed by atoms with Gasteiger partial charge in [0.2, 0.25) is 11.8 Å². The fourth-order valence-electron chi connectivity index (χ4n) is 8.20. The van der Waals surface area contributed by atoms with Crippen molar-refractivity contribution in [3.05, 3.63) is 0 Å². The average Bonchev–Trinajstić information content (AvgIpc) is 3.49. The van der Waals surface area contributed by atoms with E-state index < -0.39 is 36.5 Å². The first kappa shape index (κ1) is 32.9. The number of rotatable bonds is 5. The number of nitrogens with one attached hydrogen (secondary N) is 4. The van der Waals surface area contributed by atoms with Crippen LogP contribution in [0.5, 0.6) is 0 Å². The van der Waals surface area contributed by atoms with Gasteiger partial charge in [-0.2, -0.15) is 0 Å². The Morgan fingerprint density at radius 3 is 2.42 bits per heavy atom. The number of carbonyl (C=O) groups is 2. The monoisotopic (exact) mass is 610 g/mol. The van der Waals surface area contributed by atoms with E-state index in [1.54, 1.807) is 0 Å². The number of likely N-dealkylation sites (tertiary alicyclic amines) is 1. The lowest BCUT2D eigenvalue weighted by atomic mass is 9.88. The molecule has 0 aromatic rings. The van der Waals surface area contributed by atoms with E-state index in [0.717, 1.165) is 71.0 Å². The zero-order chi connectivity index (χ0) is 30.3. The summed E-state index contributed by atoms with van der Waals surface area (Å²) in [6.45, 7) is 8.12. The van der Waals surface area contributed by atoms with Gasteiger partial charge in [-0.25, -0.2) is 8.78 Å². The van der Waals surface area contributed by atoms with Crippen LogP contribution in [-0.2, 0) is 9.59 Å². The van der Waals surface area contributed by atoms with E-state index in [2.05, 4.69) is 38.0 Å². The molecule has 5 aliphatic rings. The van der Waals surface area contributed by atoms with E-state index in [4.69, 9.17) is 5.73 Å². The number of hydrogen-bond donors (Lipinski definition) is 5. The molecule has 0 aromatic heterocycles. The van der Waals surface area contributed by atoms with Crippen LogP contribution < -0.4 is 27.0 Å². The largest absolute Gasteiger partial charge is 0.350 e. The van der Waals surface area contributed by atoms with Crippen molar-refractivity contribution in [3.8, 4) is 0 Å². The van der Waals surface area contributed by atoms with Crippen molar-refractivity contribution in [1.82, 2.24) is 36.0 Å². The first-order valence-corrected chi connectivity index (χ1v) is 17.1. The molecule has 43 heavy (non-hydrogen) atoms. The molecule has 9 unspecified atom stereocenters. The van der Waals surface area contributed by atoms with Crippen LogP contribution in [0.2, 0.25) is 0 Å². The Morgan fingerprint density at radius 1 is 0.930 bits per heavy atom. The number of hydrogen-bond acceptors (Lipinski definition) is 8. The van der Waals surface area contributed by atoms with Gasteiger partial charge in [0.05, 0.1) is 30.1 Å². The Hall–Kier alpha value is -1.44. The third-order valence-electron chi connectivity index (χ3n) is 10.7. The number of alkyl halides is 2.